The molecule has 0 saturated carbocycles. The number of amides is 2. The third kappa shape index (κ3) is 3.16. The second-order valence-electron chi connectivity index (χ2n) is 5.10. The van der Waals surface area contributed by atoms with Crippen LogP contribution in [-0.4, -0.2) is 57.8 Å². The van der Waals surface area contributed by atoms with E-state index < -0.39 is 6.10 Å². The normalized spacial score (nSPS) is 19.9. The van der Waals surface area contributed by atoms with E-state index in [-0.39, 0.29) is 18.4 Å². The SMILES string of the molecule is CN(C(=O)CN1CCCCC(O)C1=O)c1cnn(C)c1. The van der Waals surface area contributed by atoms with Gasteiger partial charge < -0.3 is 14.9 Å². The smallest absolute Gasteiger partial charge is 0.251 e. The lowest BCUT2D eigenvalue weighted by molar-refractivity contribution is -0.142. The van der Waals surface area contributed by atoms with E-state index in [2.05, 4.69) is 5.10 Å². The topological polar surface area (TPSA) is 78.7 Å². The lowest BCUT2D eigenvalue weighted by Gasteiger charge is -2.24. The van der Waals surface area contributed by atoms with Crippen LogP contribution in [0, 0.1) is 0 Å². The zero-order chi connectivity index (χ0) is 14.7. The van der Waals surface area contributed by atoms with E-state index in [9.17, 15) is 14.7 Å². The first-order chi connectivity index (χ1) is 9.49. The van der Waals surface area contributed by atoms with Crippen molar-refractivity contribution in [2.75, 3.05) is 25.0 Å². The van der Waals surface area contributed by atoms with Crippen molar-refractivity contribution < 1.29 is 14.7 Å². The van der Waals surface area contributed by atoms with E-state index in [4.69, 9.17) is 0 Å². The first-order valence-corrected chi connectivity index (χ1v) is 6.71. The summed E-state index contributed by atoms with van der Waals surface area (Å²) in [4.78, 5) is 27.0. The molecule has 1 N–H and O–H groups in total. The molecule has 1 atom stereocenters. The number of carbonyl (C=O) groups excluding carboxylic acids is 2. The Morgan fingerprint density at radius 1 is 1.55 bits per heavy atom. The third-order valence-electron chi connectivity index (χ3n) is 3.53. The molecule has 2 amide bonds. The molecule has 1 saturated heterocycles. The highest BCUT2D eigenvalue weighted by Gasteiger charge is 2.27. The molecule has 7 nitrogen and oxygen atoms in total. The van der Waals surface area contributed by atoms with Crippen LogP contribution in [0.15, 0.2) is 12.4 Å². The monoisotopic (exact) mass is 280 g/mol. The lowest BCUT2D eigenvalue weighted by Crippen LogP contribution is -2.44. The van der Waals surface area contributed by atoms with Crippen molar-refractivity contribution in [3.05, 3.63) is 12.4 Å². The predicted octanol–water partition coefficient (Wildman–Crippen LogP) is -0.244. The van der Waals surface area contributed by atoms with Crippen LogP contribution < -0.4 is 4.90 Å². The van der Waals surface area contributed by atoms with Crippen LogP contribution in [0.4, 0.5) is 5.69 Å². The van der Waals surface area contributed by atoms with Crippen LogP contribution in [0.2, 0.25) is 0 Å². The van der Waals surface area contributed by atoms with Gasteiger partial charge >= 0.3 is 0 Å². The summed E-state index contributed by atoms with van der Waals surface area (Å²) >= 11 is 0. The molecule has 1 unspecified atom stereocenters. The van der Waals surface area contributed by atoms with Gasteiger partial charge in [-0.3, -0.25) is 14.3 Å². The molecule has 2 heterocycles. The molecule has 1 aromatic rings. The number of aryl methyl sites for hydroxylation is 1. The number of nitrogens with zero attached hydrogens (tertiary/aromatic N) is 4. The van der Waals surface area contributed by atoms with Crippen LogP contribution in [0.5, 0.6) is 0 Å². The number of rotatable bonds is 3. The Morgan fingerprint density at radius 2 is 2.30 bits per heavy atom. The Kier molecular flexibility index (Phi) is 4.39. The van der Waals surface area contributed by atoms with Crippen LogP contribution >= 0.6 is 0 Å². The van der Waals surface area contributed by atoms with Crippen molar-refractivity contribution in [2.45, 2.75) is 25.4 Å². The Hall–Kier alpha value is -1.89. The molecule has 1 aliphatic rings. The highest BCUT2D eigenvalue weighted by molar-refractivity contribution is 5.96. The Morgan fingerprint density at radius 3 is 2.95 bits per heavy atom. The number of anilines is 1. The first kappa shape index (κ1) is 14.5. The molecule has 2 rings (SSSR count). The average Bonchev–Trinajstić information content (AvgIpc) is 2.79. The molecule has 0 radical (unpaired) electrons. The second kappa shape index (κ2) is 6.04. The van der Waals surface area contributed by atoms with Gasteiger partial charge in [-0.05, 0) is 19.3 Å². The standard InChI is InChI=1S/C13H20N4O3/c1-15-8-10(7-14-15)16(2)12(19)9-17-6-4-3-5-11(18)13(17)20/h7-8,11,18H,3-6,9H2,1-2H3. The molecule has 7 heteroatoms. The summed E-state index contributed by atoms with van der Waals surface area (Å²) in [5, 5.41) is 13.7. The van der Waals surface area contributed by atoms with E-state index in [1.807, 2.05) is 0 Å². The minimum atomic E-state index is -0.978. The van der Waals surface area contributed by atoms with Crippen LogP contribution in [0.1, 0.15) is 19.3 Å². The highest BCUT2D eigenvalue weighted by atomic mass is 16.3. The largest absolute Gasteiger partial charge is 0.383 e. The third-order valence-corrected chi connectivity index (χ3v) is 3.53. The van der Waals surface area contributed by atoms with Crippen LogP contribution in [0.25, 0.3) is 0 Å². The van der Waals surface area contributed by atoms with E-state index in [0.29, 0.717) is 18.7 Å². The van der Waals surface area contributed by atoms with Crippen molar-refractivity contribution >= 4 is 17.5 Å². The molecular formula is C13H20N4O3. The molecule has 110 valence electrons. The summed E-state index contributed by atoms with van der Waals surface area (Å²) in [6.45, 7) is 0.504. The van der Waals surface area contributed by atoms with Gasteiger partial charge in [0, 0.05) is 26.8 Å². The molecule has 0 spiro atoms. The minimum absolute atomic E-state index is 0.0126. The fraction of sp³-hybridized carbons (Fsp3) is 0.615. The maximum absolute atomic E-state index is 12.2. The predicted molar refractivity (Wildman–Crippen MR) is 73.1 cm³/mol. The zero-order valence-electron chi connectivity index (χ0n) is 11.8. The van der Waals surface area contributed by atoms with Gasteiger partial charge in [-0.2, -0.15) is 5.10 Å². The van der Waals surface area contributed by atoms with Gasteiger partial charge in [0.2, 0.25) is 5.91 Å². The molecule has 0 aliphatic carbocycles. The summed E-state index contributed by atoms with van der Waals surface area (Å²) in [6.07, 6.45) is 4.44. The van der Waals surface area contributed by atoms with E-state index in [1.54, 1.807) is 31.2 Å². The van der Waals surface area contributed by atoms with E-state index >= 15 is 0 Å². The zero-order valence-corrected chi connectivity index (χ0v) is 11.8. The van der Waals surface area contributed by atoms with E-state index in [0.717, 1.165) is 12.8 Å². The summed E-state index contributed by atoms with van der Waals surface area (Å²) in [5.41, 5.74) is 0.681. The molecule has 20 heavy (non-hydrogen) atoms. The van der Waals surface area contributed by atoms with E-state index in [1.165, 1.54) is 9.80 Å². The summed E-state index contributed by atoms with van der Waals surface area (Å²) in [5.74, 6) is -0.545. The molecule has 0 aromatic carbocycles. The lowest BCUT2D eigenvalue weighted by atomic mass is 10.2. The van der Waals surface area contributed by atoms with Crippen molar-refractivity contribution in [3.8, 4) is 0 Å². The number of aliphatic hydroxyl groups excluding tert-OH is 1. The maximum atomic E-state index is 12.2. The number of hydrogen-bond donors (Lipinski definition) is 1. The van der Waals surface area contributed by atoms with Gasteiger partial charge in [0.05, 0.1) is 11.9 Å². The fourth-order valence-electron chi connectivity index (χ4n) is 2.24. The number of aromatic nitrogens is 2. The molecule has 0 bridgehead atoms. The van der Waals surface area contributed by atoms with Crippen LogP contribution in [0.3, 0.4) is 0 Å². The Balaban J connectivity index is 2.01. The number of likely N-dealkylation sites (N-methyl/N-ethyl adjacent to an activating group) is 1. The Bertz CT molecular complexity index is 500. The summed E-state index contributed by atoms with van der Waals surface area (Å²) in [7, 11) is 3.43. The quantitative estimate of drug-likeness (QED) is 0.828. The first-order valence-electron chi connectivity index (χ1n) is 6.71. The fourth-order valence-corrected chi connectivity index (χ4v) is 2.24. The molecular weight excluding hydrogens is 260 g/mol. The van der Waals surface area contributed by atoms with Crippen molar-refractivity contribution in [2.24, 2.45) is 7.05 Å². The van der Waals surface area contributed by atoms with Gasteiger partial charge in [0.15, 0.2) is 0 Å². The van der Waals surface area contributed by atoms with Crippen molar-refractivity contribution in [3.63, 3.8) is 0 Å². The van der Waals surface area contributed by atoms with Crippen molar-refractivity contribution in [1.29, 1.82) is 0 Å². The van der Waals surface area contributed by atoms with Gasteiger partial charge in [-0.1, -0.05) is 0 Å². The Labute approximate surface area is 117 Å². The van der Waals surface area contributed by atoms with Crippen LogP contribution in [-0.2, 0) is 16.6 Å². The number of hydrogen-bond acceptors (Lipinski definition) is 4. The number of aliphatic hydroxyl groups is 1. The average molecular weight is 280 g/mol. The van der Waals surface area contributed by atoms with Gasteiger partial charge in [-0.25, -0.2) is 0 Å². The van der Waals surface area contributed by atoms with Crippen molar-refractivity contribution in [1.82, 2.24) is 14.7 Å². The van der Waals surface area contributed by atoms with Gasteiger partial charge in [0.25, 0.3) is 5.91 Å². The maximum Gasteiger partial charge on any atom is 0.251 e. The highest BCUT2D eigenvalue weighted by Crippen LogP contribution is 2.14. The van der Waals surface area contributed by atoms with Gasteiger partial charge in [0.1, 0.15) is 12.6 Å². The number of likely N-dealkylation sites (tertiary alicyclic amines) is 1. The summed E-state index contributed by atoms with van der Waals surface area (Å²) < 4.78 is 1.61. The second-order valence-corrected chi connectivity index (χ2v) is 5.10. The summed E-state index contributed by atoms with van der Waals surface area (Å²) in [6, 6.07) is 0. The number of carbonyl (C=O) groups is 2. The molecule has 1 aliphatic heterocycles. The molecule has 1 fully saturated rings. The minimum Gasteiger partial charge on any atom is -0.383 e. The molecule has 1 aromatic heterocycles. The van der Waals surface area contributed by atoms with Gasteiger partial charge in [-0.15, -0.1) is 0 Å².